The highest BCUT2D eigenvalue weighted by atomic mass is 79.9. The van der Waals surface area contributed by atoms with Crippen molar-refractivity contribution in [2.45, 2.75) is 13.8 Å². The Morgan fingerprint density at radius 1 is 1.19 bits per heavy atom. The zero-order chi connectivity index (χ0) is 15.1. The van der Waals surface area contributed by atoms with Crippen LogP contribution in [0.4, 0.5) is 0 Å². The van der Waals surface area contributed by atoms with E-state index in [0.717, 1.165) is 21.5 Å². The lowest BCUT2D eigenvalue weighted by molar-refractivity contribution is 0.739. The summed E-state index contributed by atoms with van der Waals surface area (Å²) in [6.45, 7) is 4.05. The van der Waals surface area contributed by atoms with Crippen LogP contribution in [0.1, 0.15) is 11.3 Å². The Morgan fingerprint density at radius 3 is 2.43 bits per heavy atom. The second kappa shape index (κ2) is 5.23. The Kier molecular flexibility index (Phi) is 3.54. The summed E-state index contributed by atoms with van der Waals surface area (Å²) < 4.78 is 5.18. The van der Waals surface area contributed by atoms with Crippen molar-refractivity contribution in [1.82, 2.24) is 24.5 Å². The molecular formula is C14H14BrN5S. The maximum absolute atomic E-state index is 5.37. The molecule has 0 amide bonds. The van der Waals surface area contributed by atoms with Crippen LogP contribution in [0.15, 0.2) is 28.7 Å². The molecule has 0 bridgehead atoms. The standard InChI is InChI=1S/C14H14BrN5S/c1-8-4-6-10(7-5-8)20-13(16-17-14(20)21)12-11(15)9(2)19(3)18-12/h4-7H,1-3H3,(H,17,21). The third-order valence-corrected chi connectivity index (χ3v) is 4.66. The molecule has 0 radical (unpaired) electrons. The van der Waals surface area contributed by atoms with Gasteiger partial charge in [-0.15, -0.1) is 0 Å². The minimum Gasteiger partial charge on any atom is -0.271 e. The summed E-state index contributed by atoms with van der Waals surface area (Å²) in [6.07, 6.45) is 0. The summed E-state index contributed by atoms with van der Waals surface area (Å²) in [6, 6.07) is 8.14. The lowest BCUT2D eigenvalue weighted by Crippen LogP contribution is -1.99. The molecule has 0 aliphatic heterocycles. The molecule has 0 spiro atoms. The summed E-state index contributed by atoms with van der Waals surface area (Å²) in [7, 11) is 1.90. The number of hydrogen-bond acceptors (Lipinski definition) is 3. The summed E-state index contributed by atoms with van der Waals surface area (Å²) in [4.78, 5) is 0. The van der Waals surface area contributed by atoms with Gasteiger partial charge in [-0.2, -0.15) is 10.2 Å². The number of rotatable bonds is 2. The lowest BCUT2D eigenvalue weighted by Gasteiger charge is -2.06. The second-order valence-electron chi connectivity index (χ2n) is 4.89. The molecule has 0 saturated carbocycles. The van der Waals surface area contributed by atoms with Gasteiger partial charge in [-0.3, -0.25) is 14.3 Å². The Morgan fingerprint density at radius 2 is 1.86 bits per heavy atom. The molecule has 3 rings (SSSR count). The van der Waals surface area contributed by atoms with Crippen LogP contribution in [0.25, 0.3) is 17.2 Å². The van der Waals surface area contributed by atoms with E-state index < -0.39 is 0 Å². The van der Waals surface area contributed by atoms with Crippen LogP contribution in [-0.4, -0.2) is 24.5 Å². The molecule has 2 heterocycles. The first-order valence-electron chi connectivity index (χ1n) is 6.43. The molecule has 0 unspecified atom stereocenters. The van der Waals surface area contributed by atoms with E-state index in [-0.39, 0.29) is 0 Å². The van der Waals surface area contributed by atoms with E-state index in [1.54, 1.807) is 0 Å². The van der Waals surface area contributed by atoms with E-state index >= 15 is 0 Å². The predicted molar refractivity (Wildman–Crippen MR) is 88.1 cm³/mol. The Bertz CT molecular complexity index is 857. The van der Waals surface area contributed by atoms with E-state index in [0.29, 0.717) is 10.6 Å². The lowest BCUT2D eigenvalue weighted by atomic mass is 10.2. The van der Waals surface area contributed by atoms with E-state index in [1.165, 1.54) is 5.56 Å². The predicted octanol–water partition coefficient (Wildman–Crippen LogP) is 3.71. The van der Waals surface area contributed by atoms with E-state index in [1.807, 2.05) is 47.5 Å². The van der Waals surface area contributed by atoms with Gasteiger partial charge < -0.3 is 0 Å². The molecule has 3 aromatic rings. The molecule has 108 valence electrons. The first kappa shape index (κ1) is 14.2. The summed E-state index contributed by atoms with van der Waals surface area (Å²) in [5, 5.41) is 11.7. The van der Waals surface area contributed by atoms with Gasteiger partial charge in [0.2, 0.25) is 0 Å². The molecule has 21 heavy (non-hydrogen) atoms. The first-order chi connectivity index (χ1) is 9.99. The average molecular weight is 364 g/mol. The van der Waals surface area contributed by atoms with Crippen molar-refractivity contribution in [2.24, 2.45) is 7.05 Å². The third kappa shape index (κ3) is 2.36. The van der Waals surface area contributed by atoms with Crippen molar-refractivity contribution >= 4 is 28.1 Å². The monoisotopic (exact) mass is 363 g/mol. The number of aryl methyl sites for hydroxylation is 2. The molecular weight excluding hydrogens is 350 g/mol. The Labute approximate surface area is 135 Å². The fourth-order valence-corrected chi connectivity index (χ4v) is 2.87. The molecule has 0 aliphatic rings. The maximum atomic E-state index is 5.37. The Hall–Kier alpha value is -1.73. The van der Waals surface area contributed by atoms with Crippen molar-refractivity contribution in [3.63, 3.8) is 0 Å². The van der Waals surface area contributed by atoms with Gasteiger partial charge in [-0.05, 0) is 54.1 Å². The van der Waals surface area contributed by atoms with Crippen molar-refractivity contribution in [3.05, 3.63) is 44.8 Å². The molecule has 0 aliphatic carbocycles. The fourth-order valence-electron chi connectivity index (χ4n) is 2.11. The summed E-state index contributed by atoms with van der Waals surface area (Å²) >= 11 is 8.95. The SMILES string of the molecule is Cc1ccc(-n2c(-c3nn(C)c(C)c3Br)n[nH]c2=S)cc1. The van der Waals surface area contributed by atoms with Crippen LogP contribution in [-0.2, 0) is 7.05 Å². The van der Waals surface area contributed by atoms with Crippen molar-refractivity contribution in [2.75, 3.05) is 0 Å². The van der Waals surface area contributed by atoms with Gasteiger partial charge in [0.05, 0.1) is 10.2 Å². The molecule has 5 nitrogen and oxygen atoms in total. The van der Waals surface area contributed by atoms with Crippen LogP contribution in [0, 0.1) is 18.6 Å². The first-order valence-corrected chi connectivity index (χ1v) is 7.63. The van der Waals surface area contributed by atoms with Crippen LogP contribution in [0.2, 0.25) is 0 Å². The number of nitrogens with one attached hydrogen (secondary N) is 1. The molecule has 2 aromatic heterocycles. The minimum atomic E-state index is 0.545. The average Bonchev–Trinajstić information content (AvgIpc) is 2.96. The number of aromatic amines is 1. The van der Waals surface area contributed by atoms with Gasteiger partial charge >= 0.3 is 0 Å². The zero-order valence-electron chi connectivity index (χ0n) is 11.9. The molecule has 0 fully saturated rings. The van der Waals surface area contributed by atoms with Gasteiger partial charge in [-0.25, -0.2) is 0 Å². The number of halogens is 1. The van der Waals surface area contributed by atoms with Gasteiger partial charge in [-0.1, -0.05) is 17.7 Å². The van der Waals surface area contributed by atoms with Crippen molar-refractivity contribution in [3.8, 4) is 17.2 Å². The minimum absolute atomic E-state index is 0.545. The van der Waals surface area contributed by atoms with Crippen LogP contribution in [0.3, 0.4) is 0 Å². The molecule has 7 heteroatoms. The van der Waals surface area contributed by atoms with Gasteiger partial charge in [0, 0.05) is 12.7 Å². The number of benzene rings is 1. The van der Waals surface area contributed by atoms with E-state index in [4.69, 9.17) is 12.2 Å². The molecule has 1 N–H and O–H groups in total. The van der Waals surface area contributed by atoms with Gasteiger partial charge in [0.25, 0.3) is 0 Å². The van der Waals surface area contributed by atoms with Gasteiger partial charge in [0.1, 0.15) is 5.69 Å². The number of H-pyrrole nitrogens is 1. The van der Waals surface area contributed by atoms with Crippen LogP contribution >= 0.6 is 28.1 Å². The number of hydrogen-bond donors (Lipinski definition) is 1. The molecule has 0 saturated heterocycles. The Balaban J connectivity index is 2.24. The molecule has 1 aromatic carbocycles. The second-order valence-corrected chi connectivity index (χ2v) is 6.07. The van der Waals surface area contributed by atoms with E-state index in [2.05, 4.69) is 38.1 Å². The summed E-state index contributed by atoms with van der Waals surface area (Å²) in [5.74, 6) is 0.694. The van der Waals surface area contributed by atoms with Crippen molar-refractivity contribution in [1.29, 1.82) is 0 Å². The maximum Gasteiger partial charge on any atom is 0.200 e. The highest BCUT2D eigenvalue weighted by molar-refractivity contribution is 9.10. The van der Waals surface area contributed by atoms with Crippen LogP contribution < -0.4 is 0 Å². The third-order valence-electron chi connectivity index (χ3n) is 3.44. The highest BCUT2D eigenvalue weighted by Gasteiger charge is 2.19. The van der Waals surface area contributed by atoms with Crippen LogP contribution in [0.5, 0.6) is 0 Å². The van der Waals surface area contributed by atoms with Gasteiger partial charge in [0.15, 0.2) is 10.6 Å². The largest absolute Gasteiger partial charge is 0.271 e. The highest BCUT2D eigenvalue weighted by Crippen LogP contribution is 2.30. The topological polar surface area (TPSA) is 51.4 Å². The van der Waals surface area contributed by atoms with E-state index in [9.17, 15) is 0 Å². The van der Waals surface area contributed by atoms with Crippen molar-refractivity contribution < 1.29 is 0 Å². The molecule has 0 atom stereocenters. The summed E-state index contributed by atoms with van der Waals surface area (Å²) in [5.41, 5.74) is 3.96. The zero-order valence-corrected chi connectivity index (χ0v) is 14.3. The fraction of sp³-hybridized carbons (Fsp3) is 0.214. The quantitative estimate of drug-likeness (QED) is 0.706. The normalized spacial score (nSPS) is 11.0. The number of aromatic nitrogens is 5. The smallest absolute Gasteiger partial charge is 0.200 e. The number of nitrogens with zero attached hydrogens (tertiary/aromatic N) is 4.